The molecule has 1 aliphatic rings. The Balaban J connectivity index is 2.53. The van der Waals surface area contributed by atoms with Gasteiger partial charge in [0.2, 0.25) is 0 Å². The van der Waals surface area contributed by atoms with Gasteiger partial charge in [0.25, 0.3) is 0 Å². The fourth-order valence-corrected chi connectivity index (χ4v) is 3.27. The van der Waals surface area contributed by atoms with Gasteiger partial charge in [-0.3, -0.25) is 0 Å². The Labute approximate surface area is 79.3 Å². The van der Waals surface area contributed by atoms with Gasteiger partial charge in [-0.2, -0.15) is 11.8 Å². The van der Waals surface area contributed by atoms with Gasteiger partial charge >= 0.3 is 0 Å². The summed E-state index contributed by atoms with van der Waals surface area (Å²) in [6.07, 6.45) is 4.49. The molecule has 0 amide bonds. The molecular formula is C10H18OS. The molecule has 0 N–H and O–H groups in total. The third kappa shape index (κ3) is 2.51. The van der Waals surface area contributed by atoms with Gasteiger partial charge in [0.05, 0.1) is 0 Å². The highest BCUT2D eigenvalue weighted by Crippen LogP contribution is 2.38. The van der Waals surface area contributed by atoms with E-state index in [4.69, 9.17) is 0 Å². The lowest BCUT2D eigenvalue weighted by molar-refractivity contribution is -0.117. The highest BCUT2D eigenvalue weighted by molar-refractivity contribution is 7.99. The van der Waals surface area contributed by atoms with E-state index < -0.39 is 0 Å². The zero-order valence-corrected chi connectivity index (χ0v) is 8.82. The van der Waals surface area contributed by atoms with Gasteiger partial charge < -0.3 is 4.79 Å². The molecule has 70 valence electrons. The van der Waals surface area contributed by atoms with Crippen molar-refractivity contribution in [2.45, 2.75) is 33.1 Å². The molecule has 1 fully saturated rings. The lowest BCUT2D eigenvalue weighted by Crippen LogP contribution is -2.29. The third-order valence-corrected chi connectivity index (χ3v) is 3.54. The Bertz CT molecular complexity index is 148. The van der Waals surface area contributed by atoms with Gasteiger partial charge in [-0.1, -0.05) is 13.8 Å². The van der Waals surface area contributed by atoms with Gasteiger partial charge in [0, 0.05) is 5.41 Å². The van der Waals surface area contributed by atoms with E-state index in [1.165, 1.54) is 17.8 Å². The van der Waals surface area contributed by atoms with Crippen LogP contribution in [0.2, 0.25) is 0 Å². The van der Waals surface area contributed by atoms with Crippen molar-refractivity contribution >= 4 is 18.0 Å². The van der Waals surface area contributed by atoms with Crippen molar-refractivity contribution in [1.29, 1.82) is 0 Å². The Morgan fingerprint density at radius 1 is 1.42 bits per heavy atom. The van der Waals surface area contributed by atoms with E-state index in [1.54, 1.807) is 0 Å². The highest BCUT2D eigenvalue weighted by atomic mass is 32.2. The lowest BCUT2D eigenvalue weighted by Gasteiger charge is -2.33. The largest absolute Gasteiger partial charge is 0.303 e. The van der Waals surface area contributed by atoms with Crippen LogP contribution >= 0.6 is 11.8 Å². The average molecular weight is 186 g/mol. The van der Waals surface area contributed by atoms with Crippen molar-refractivity contribution in [2.75, 3.05) is 11.5 Å². The summed E-state index contributed by atoms with van der Waals surface area (Å²) in [6.45, 7) is 4.40. The molecule has 0 aromatic rings. The van der Waals surface area contributed by atoms with Crippen molar-refractivity contribution in [3.63, 3.8) is 0 Å². The molecule has 1 rings (SSSR count). The molecular weight excluding hydrogens is 168 g/mol. The van der Waals surface area contributed by atoms with E-state index in [0.717, 1.165) is 19.3 Å². The monoisotopic (exact) mass is 186 g/mol. The number of aldehydes is 1. The molecule has 0 saturated carbocycles. The first-order valence-electron chi connectivity index (χ1n) is 4.73. The smallest absolute Gasteiger partial charge is 0.126 e. The summed E-state index contributed by atoms with van der Waals surface area (Å²) in [5.74, 6) is 3.00. The molecule has 12 heavy (non-hydrogen) atoms. The molecule has 0 aliphatic carbocycles. The molecule has 0 bridgehead atoms. The van der Waals surface area contributed by atoms with Gasteiger partial charge in [0.1, 0.15) is 6.29 Å². The molecule has 0 aromatic carbocycles. The number of rotatable bonds is 3. The van der Waals surface area contributed by atoms with E-state index >= 15 is 0 Å². The molecule has 2 heteroatoms. The number of carbonyl (C=O) groups excluding carboxylic acids is 1. The minimum absolute atomic E-state index is 0.0411. The van der Waals surface area contributed by atoms with Crippen LogP contribution in [0.3, 0.4) is 0 Å². The molecule has 1 aliphatic heterocycles. The highest BCUT2D eigenvalue weighted by Gasteiger charge is 2.32. The maximum absolute atomic E-state index is 11.0. The summed E-state index contributed by atoms with van der Waals surface area (Å²) in [5.41, 5.74) is 0.0411. The summed E-state index contributed by atoms with van der Waals surface area (Å²) in [4.78, 5) is 11.0. The second-order valence-electron chi connectivity index (χ2n) is 4.19. The maximum atomic E-state index is 11.0. The van der Waals surface area contributed by atoms with E-state index in [9.17, 15) is 4.79 Å². The van der Waals surface area contributed by atoms with Crippen LogP contribution in [0.5, 0.6) is 0 Å². The van der Waals surface area contributed by atoms with E-state index in [0.29, 0.717) is 5.92 Å². The topological polar surface area (TPSA) is 17.1 Å². The van der Waals surface area contributed by atoms with E-state index in [1.807, 2.05) is 11.8 Å². The Morgan fingerprint density at radius 2 is 2.00 bits per heavy atom. The molecule has 0 spiro atoms. The quantitative estimate of drug-likeness (QED) is 0.630. The molecule has 1 heterocycles. The van der Waals surface area contributed by atoms with Crippen LogP contribution in [0.25, 0.3) is 0 Å². The van der Waals surface area contributed by atoms with Crippen LogP contribution in [-0.2, 0) is 4.79 Å². The van der Waals surface area contributed by atoms with E-state index in [-0.39, 0.29) is 5.41 Å². The van der Waals surface area contributed by atoms with Crippen LogP contribution in [0.4, 0.5) is 0 Å². The van der Waals surface area contributed by atoms with Crippen molar-refractivity contribution in [1.82, 2.24) is 0 Å². The molecule has 1 nitrogen and oxygen atoms in total. The van der Waals surface area contributed by atoms with Crippen LogP contribution in [-0.4, -0.2) is 17.8 Å². The second-order valence-corrected chi connectivity index (χ2v) is 5.42. The zero-order chi connectivity index (χ0) is 9.03. The maximum Gasteiger partial charge on any atom is 0.126 e. The number of hydrogen-bond donors (Lipinski definition) is 0. The van der Waals surface area contributed by atoms with Crippen molar-refractivity contribution in [2.24, 2.45) is 11.3 Å². The summed E-state index contributed by atoms with van der Waals surface area (Å²) >= 11 is 1.98. The summed E-state index contributed by atoms with van der Waals surface area (Å²) in [6, 6.07) is 0. The third-order valence-electron chi connectivity index (χ3n) is 2.55. The summed E-state index contributed by atoms with van der Waals surface area (Å²) < 4.78 is 0. The predicted octanol–water partition coefficient (Wildman–Crippen LogP) is 2.74. The number of hydrogen-bond acceptors (Lipinski definition) is 2. The molecule has 0 radical (unpaired) electrons. The van der Waals surface area contributed by atoms with Gasteiger partial charge in [0.15, 0.2) is 0 Å². The molecule has 0 atom stereocenters. The first kappa shape index (κ1) is 10.1. The van der Waals surface area contributed by atoms with Crippen molar-refractivity contribution in [3.8, 4) is 0 Å². The molecule has 1 saturated heterocycles. The first-order valence-corrected chi connectivity index (χ1v) is 5.88. The fourth-order valence-electron chi connectivity index (χ4n) is 1.96. The summed E-state index contributed by atoms with van der Waals surface area (Å²) in [7, 11) is 0. The van der Waals surface area contributed by atoms with Crippen LogP contribution in [0.1, 0.15) is 33.1 Å². The summed E-state index contributed by atoms with van der Waals surface area (Å²) in [5, 5.41) is 0. The number of thioether (sulfide) groups is 1. The minimum Gasteiger partial charge on any atom is -0.303 e. The van der Waals surface area contributed by atoms with E-state index in [2.05, 4.69) is 13.8 Å². The number of carbonyl (C=O) groups is 1. The van der Waals surface area contributed by atoms with Crippen molar-refractivity contribution in [3.05, 3.63) is 0 Å². The average Bonchev–Trinajstić information content (AvgIpc) is 2.05. The van der Waals surface area contributed by atoms with Gasteiger partial charge in [-0.15, -0.1) is 0 Å². The van der Waals surface area contributed by atoms with Crippen LogP contribution < -0.4 is 0 Å². The standard InChI is InChI=1S/C10H18OS/c1-9(2)7-10(8-11)3-5-12-6-4-10/h8-9H,3-7H2,1-2H3. The minimum atomic E-state index is 0.0411. The van der Waals surface area contributed by atoms with Crippen molar-refractivity contribution < 1.29 is 4.79 Å². The second kappa shape index (κ2) is 4.31. The molecule has 0 unspecified atom stereocenters. The molecule has 0 aromatic heterocycles. The van der Waals surface area contributed by atoms with Gasteiger partial charge in [-0.05, 0) is 36.7 Å². The Morgan fingerprint density at radius 3 is 2.42 bits per heavy atom. The Hall–Kier alpha value is 0.0200. The SMILES string of the molecule is CC(C)CC1(C=O)CCSCC1. The normalized spacial score (nSPS) is 22.6. The first-order chi connectivity index (χ1) is 5.68. The van der Waals surface area contributed by atoms with Crippen LogP contribution in [0, 0.1) is 11.3 Å². The Kier molecular flexibility index (Phi) is 3.63. The van der Waals surface area contributed by atoms with Gasteiger partial charge in [-0.25, -0.2) is 0 Å². The lowest BCUT2D eigenvalue weighted by atomic mass is 9.77. The van der Waals surface area contributed by atoms with Crippen LogP contribution in [0.15, 0.2) is 0 Å². The predicted molar refractivity (Wildman–Crippen MR) is 54.5 cm³/mol. The fraction of sp³-hybridized carbons (Fsp3) is 0.900. The zero-order valence-electron chi connectivity index (χ0n) is 8.01.